The van der Waals surface area contributed by atoms with Crippen LogP contribution in [0.4, 0.5) is 0 Å². The molecule has 1 aliphatic rings. The van der Waals surface area contributed by atoms with Gasteiger partial charge in [-0.2, -0.15) is 0 Å². The predicted molar refractivity (Wildman–Crippen MR) is 98.1 cm³/mol. The number of amides is 1. The molecule has 4 atom stereocenters. The molecule has 0 aromatic rings. The first-order valence-corrected chi connectivity index (χ1v) is 11.6. The Morgan fingerprint density at radius 2 is 1.88 bits per heavy atom. The summed E-state index contributed by atoms with van der Waals surface area (Å²) in [6.45, 7) is 20.7. The lowest BCUT2D eigenvalue weighted by molar-refractivity contribution is -0.144. The lowest BCUT2D eigenvalue weighted by atomic mass is 9.76. The van der Waals surface area contributed by atoms with Crippen LogP contribution in [-0.4, -0.2) is 38.9 Å². The minimum atomic E-state index is -1.96. The first kappa shape index (κ1) is 20.9. The van der Waals surface area contributed by atoms with E-state index in [9.17, 15) is 9.59 Å². The smallest absolute Gasteiger partial charge is 0.333 e. The van der Waals surface area contributed by atoms with Gasteiger partial charge < -0.3 is 14.5 Å². The van der Waals surface area contributed by atoms with Crippen LogP contribution in [0.3, 0.4) is 0 Å². The molecule has 1 saturated heterocycles. The maximum atomic E-state index is 12.1. The standard InChI is InChI=1S/C18H33NO4Si/c1-10-22-17(21)12(3)11(2)15-14(16(20)19-15)13(4)23-24(8,9)18(5,6)7/h11,13-15H,3,10H2,1-2,4-9H3,(H,19,20)/t11-,13+,14+,15+/m0/s1. The molecule has 1 N–H and O–H groups in total. The number of ether oxygens (including phenoxy) is 1. The van der Waals surface area contributed by atoms with Gasteiger partial charge in [-0.15, -0.1) is 0 Å². The van der Waals surface area contributed by atoms with E-state index in [1.54, 1.807) is 6.92 Å². The quantitative estimate of drug-likeness (QED) is 0.329. The molecule has 1 heterocycles. The van der Waals surface area contributed by atoms with Crippen molar-refractivity contribution < 1.29 is 18.8 Å². The van der Waals surface area contributed by atoms with Crippen LogP contribution in [0.1, 0.15) is 41.5 Å². The van der Waals surface area contributed by atoms with E-state index < -0.39 is 14.3 Å². The van der Waals surface area contributed by atoms with Gasteiger partial charge >= 0.3 is 5.97 Å². The van der Waals surface area contributed by atoms with Crippen LogP contribution in [0.15, 0.2) is 12.2 Å². The summed E-state index contributed by atoms with van der Waals surface area (Å²) in [6.07, 6.45) is -0.193. The van der Waals surface area contributed by atoms with Crippen molar-refractivity contribution in [2.75, 3.05) is 6.61 Å². The highest BCUT2D eigenvalue weighted by atomic mass is 28.4. The summed E-state index contributed by atoms with van der Waals surface area (Å²) < 4.78 is 11.4. The minimum absolute atomic E-state index is 0.0188. The van der Waals surface area contributed by atoms with E-state index >= 15 is 0 Å². The third-order valence-electron chi connectivity index (χ3n) is 5.42. The molecule has 24 heavy (non-hydrogen) atoms. The summed E-state index contributed by atoms with van der Waals surface area (Å²) in [5.74, 6) is -0.866. The molecule has 0 aromatic heterocycles. The SMILES string of the molecule is C=C(C(=O)OCC)[C@H](C)[C@H]1NC(=O)[C@@H]1[C@@H](C)O[Si](C)(C)C(C)(C)C. The lowest BCUT2D eigenvalue weighted by Gasteiger charge is -2.47. The van der Waals surface area contributed by atoms with Crippen molar-refractivity contribution in [2.24, 2.45) is 11.8 Å². The Labute approximate surface area is 147 Å². The number of esters is 1. The van der Waals surface area contributed by atoms with Crippen LogP contribution in [-0.2, 0) is 18.8 Å². The van der Waals surface area contributed by atoms with Gasteiger partial charge in [0.15, 0.2) is 8.32 Å². The first-order valence-electron chi connectivity index (χ1n) is 8.67. The molecule has 6 heteroatoms. The van der Waals surface area contributed by atoms with Gasteiger partial charge in [0, 0.05) is 17.5 Å². The fourth-order valence-electron chi connectivity index (χ4n) is 2.70. The molecule has 5 nitrogen and oxygen atoms in total. The Hall–Kier alpha value is -1.14. The van der Waals surface area contributed by atoms with E-state index in [-0.39, 0.29) is 34.9 Å². The van der Waals surface area contributed by atoms with Gasteiger partial charge in [-0.1, -0.05) is 34.3 Å². The summed E-state index contributed by atoms with van der Waals surface area (Å²) in [5, 5.41) is 2.98. The molecule has 0 spiro atoms. The van der Waals surface area contributed by atoms with Crippen molar-refractivity contribution in [2.45, 2.75) is 71.8 Å². The van der Waals surface area contributed by atoms with Crippen molar-refractivity contribution in [3.05, 3.63) is 12.2 Å². The van der Waals surface area contributed by atoms with Gasteiger partial charge in [0.25, 0.3) is 0 Å². The molecule has 1 aliphatic heterocycles. The van der Waals surface area contributed by atoms with Crippen LogP contribution in [0.25, 0.3) is 0 Å². The molecule has 0 saturated carbocycles. The zero-order valence-electron chi connectivity index (χ0n) is 16.4. The van der Waals surface area contributed by atoms with Crippen molar-refractivity contribution in [1.82, 2.24) is 5.32 Å². The second kappa shape index (κ2) is 7.40. The zero-order chi connectivity index (χ0) is 18.9. The molecule has 138 valence electrons. The van der Waals surface area contributed by atoms with Gasteiger partial charge in [0.05, 0.1) is 18.6 Å². The van der Waals surface area contributed by atoms with Gasteiger partial charge in [-0.25, -0.2) is 4.79 Å². The van der Waals surface area contributed by atoms with E-state index in [0.29, 0.717) is 12.2 Å². The van der Waals surface area contributed by atoms with E-state index in [0.717, 1.165) is 0 Å². The van der Waals surface area contributed by atoms with Crippen molar-refractivity contribution >= 4 is 20.2 Å². The highest BCUT2D eigenvalue weighted by Crippen LogP contribution is 2.40. The van der Waals surface area contributed by atoms with Gasteiger partial charge in [0.1, 0.15) is 0 Å². The number of β-lactam (4-membered cyclic amide) rings is 1. The number of rotatable bonds is 7. The molecule has 0 aromatic carbocycles. The molecular weight excluding hydrogens is 322 g/mol. The largest absolute Gasteiger partial charge is 0.463 e. The topological polar surface area (TPSA) is 64.6 Å². The second-order valence-corrected chi connectivity index (χ2v) is 12.9. The van der Waals surface area contributed by atoms with E-state index in [1.807, 2.05) is 13.8 Å². The summed E-state index contributed by atoms with van der Waals surface area (Å²) >= 11 is 0. The predicted octanol–water partition coefficient (Wildman–Crippen LogP) is 3.27. The maximum Gasteiger partial charge on any atom is 0.333 e. The molecule has 0 radical (unpaired) electrons. The summed E-state index contributed by atoms with van der Waals surface area (Å²) in [5.41, 5.74) is 0.395. The monoisotopic (exact) mass is 355 g/mol. The third-order valence-corrected chi connectivity index (χ3v) is 9.99. The molecule has 0 aliphatic carbocycles. The highest BCUT2D eigenvalue weighted by Gasteiger charge is 2.50. The Balaban J connectivity index is 2.82. The first-order chi connectivity index (χ1) is 10.8. The normalized spacial score (nSPS) is 23.8. The van der Waals surface area contributed by atoms with E-state index in [4.69, 9.17) is 9.16 Å². The molecule has 1 rings (SSSR count). The number of nitrogens with one attached hydrogen (secondary N) is 1. The average Bonchev–Trinajstić information content (AvgIpc) is 2.41. The molecule has 0 bridgehead atoms. The zero-order valence-corrected chi connectivity index (χ0v) is 17.4. The summed E-state index contributed by atoms with van der Waals surface area (Å²) in [4.78, 5) is 24.0. The fourth-order valence-corrected chi connectivity index (χ4v) is 4.13. The summed E-state index contributed by atoms with van der Waals surface area (Å²) in [6, 6.07) is -0.144. The Kier molecular flexibility index (Phi) is 6.44. The van der Waals surface area contributed by atoms with Gasteiger partial charge in [-0.3, -0.25) is 4.79 Å². The molecule has 1 amide bonds. The number of hydrogen-bond donors (Lipinski definition) is 1. The lowest BCUT2D eigenvalue weighted by Crippen LogP contribution is -2.66. The van der Waals surface area contributed by atoms with Crippen molar-refractivity contribution in [1.29, 1.82) is 0 Å². The highest BCUT2D eigenvalue weighted by molar-refractivity contribution is 6.74. The van der Waals surface area contributed by atoms with E-state index in [2.05, 4.69) is 45.8 Å². The van der Waals surface area contributed by atoms with Crippen molar-refractivity contribution in [3.8, 4) is 0 Å². The fraction of sp³-hybridized carbons (Fsp3) is 0.778. The second-order valence-electron chi connectivity index (χ2n) is 8.18. The molecule has 0 unspecified atom stereocenters. The van der Waals surface area contributed by atoms with E-state index in [1.165, 1.54) is 0 Å². The van der Waals surface area contributed by atoms with Crippen LogP contribution in [0.2, 0.25) is 18.1 Å². The average molecular weight is 356 g/mol. The van der Waals surface area contributed by atoms with Crippen LogP contribution in [0, 0.1) is 11.8 Å². The molecular formula is C18H33NO4Si. The number of carbonyl (C=O) groups is 2. The van der Waals surface area contributed by atoms with Crippen LogP contribution < -0.4 is 5.32 Å². The minimum Gasteiger partial charge on any atom is -0.463 e. The Morgan fingerprint density at radius 3 is 2.29 bits per heavy atom. The Bertz CT molecular complexity index is 510. The summed E-state index contributed by atoms with van der Waals surface area (Å²) in [7, 11) is -1.96. The van der Waals surface area contributed by atoms with Gasteiger partial charge in [0.2, 0.25) is 5.91 Å². The Morgan fingerprint density at radius 1 is 1.33 bits per heavy atom. The van der Waals surface area contributed by atoms with Crippen LogP contribution >= 0.6 is 0 Å². The number of carbonyl (C=O) groups excluding carboxylic acids is 2. The third kappa shape index (κ3) is 4.28. The maximum absolute atomic E-state index is 12.1. The van der Waals surface area contributed by atoms with Gasteiger partial charge in [-0.05, 0) is 32.0 Å². The van der Waals surface area contributed by atoms with Crippen LogP contribution in [0.5, 0.6) is 0 Å². The number of hydrogen-bond acceptors (Lipinski definition) is 4. The molecule has 1 fully saturated rings. The van der Waals surface area contributed by atoms with Crippen molar-refractivity contribution in [3.63, 3.8) is 0 Å².